The van der Waals surface area contributed by atoms with Gasteiger partial charge in [0.25, 0.3) is 0 Å². The Morgan fingerprint density at radius 1 is 1.41 bits per heavy atom. The average molecular weight is 277 g/mol. The fourth-order valence-corrected chi connectivity index (χ4v) is 2.62. The monoisotopic (exact) mass is 276 g/mol. The molecule has 1 amide bonds. The van der Waals surface area contributed by atoms with Crippen LogP contribution < -0.4 is 10.5 Å². The highest BCUT2D eigenvalue weighted by Crippen LogP contribution is 2.12. The van der Waals surface area contributed by atoms with E-state index in [4.69, 9.17) is 17.3 Å². The van der Waals surface area contributed by atoms with Gasteiger partial charge in [0.15, 0.2) is 0 Å². The summed E-state index contributed by atoms with van der Waals surface area (Å²) < 4.78 is 25.5. The van der Waals surface area contributed by atoms with Gasteiger partial charge in [0.1, 0.15) is 0 Å². The molecule has 7 heteroatoms. The van der Waals surface area contributed by atoms with Gasteiger partial charge in [-0.05, 0) is 24.6 Å². The lowest BCUT2D eigenvalue weighted by molar-refractivity contribution is 0.100. The van der Waals surface area contributed by atoms with Crippen LogP contribution in [0.2, 0.25) is 0 Å². The van der Waals surface area contributed by atoms with E-state index in [0.29, 0.717) is 12.1 Å². The van der Waals surface area contributed by atoms with Crippen LogP contribution in [0.1, 0.15) is 16.8 Å². The topological polar surface area (TPSA) is 89.3 Å². The van der Waals surface area contributed by atoms with Gasteiger partial charge >= 0.3 is 0 Å². The minimum atomic E-state index is -3.43. The highest BCUT2D eigenvalue weighted by atomic mass is 35.5. The minimum Gasteiger partial charge on any atom is -0.366 e. The third-order valence-electron chi connectivity index (χ3n) is 1.97. The number of rotatable bonds is 6. The molecule has 0 atom stereocenters. The van der Waals surface area contributed by atoms with Crippen LogP contribution in [0.4, 0.5) is 5.69 Å². The van der Waals surface area contributed by atoms with Gasteiger partial charge in [-0.2, -0.15) is 0 Å². The second kappa shape index (κ2) is 5.88. The van der Waals surface area contributed by atoms with Gasteiger partial charge in [0, 0.05) is 17.1 Å². The Kier molecular flexibility index (Phi) is 4.77. The first-order valence-corrected chi connectivity index (χ1v) is 7.09. The van der Waals surface area contributed by atoms with Crippen LogP contribution >= 0.6 is 11.6 Å². The van der Waals surface area contributed by atoms with Gasteiger partial charge in [-0.25, -0.2) is 8.42 Å². The summed E-state index contributed by atoms with van der Waals surface area (Å²) in [6.07, 6.45) is 0.367. The molecule has 17 heavy (non-hydrogen) atoms. The smallest absolute Gasteiger partial charge is 0.248 e. The highest BCUT2D eigenvalue weighted by Gasteiger charge is 2.10. The molecule has 1 rings (SSSR count). The lowest BCUT2D eigenvalue weighted by atomic mass is 10.2. The number of sulfonamides is 1. The Balaban J connectivity index is 2.81. The molecular formula is C10H13ClN2O3S. The fraction of sp³-hybridized carbons (Fsp3) is 0.300. The van der Waals surface area contributed by atoms with E-state index in [1.807, 2.05) is 0 Å². The lowest BCUT2D eigenvalue weighted by Gasteiger charge is -2.07. The summed E-state index contributed by atoms with van der Waals surface area (Å²) in [4.78, 5) is 10.9. The van der Waals surface area contributed by atoms with Gasteiger partial charge in [0.2, 0.25) is 15.9 Å². The molecule has 5 nitrogen and oxygen atoms in total. The Morgan fingerprint density at radius 2 is 2.12 bits per heavy atom. The number of carbonyl (C=O) groups is 1. The summed E-state index contributed by atoms with van der Waals surface area (Å²) >= 11 is 5.42. The fourth-order valence-electron chi connectivity index (χ4n) is 1.21. The first-order valence-electron chi connectivity index (χ1n) is 4.91. The second-order valence-corrected chi connectivity index (χ2v) is 5.63. The van der Waals surface area contributed by atoms with Crippen molar-refractivity contribution in [1.29, 1.82) is 0 Å². The molecule has 0 spiro atoms. The molecule has 0 radical (unpaired) electrons. The highest BCUT2D eigenvalue weighted by molar-refractivity contribution is 7.92. The van der Waals surface area contributed by atoms with Crippen molar-refractivity contribution in [2.45, 2.75) is 6.42 Å². The van der Waals surface area contributed by atoms with Crippen LogP contribution in [0, 0.1) is 0 Å². The first kappa shape index (κ1) is 13.8. The lowest BCUT2D eigenvalue weighted by Crippen LogP contribution is -2.18. The number of amides is 1. The first-order chi connectivity index (χ1) is 7.94. The zero-order valence-electron chi connectivity index (χ0n) is 9.02. The average Bonchev–Trinajstić information content (AvgIpc) is 2.26. The van der Waals surface area contributed by atoms with Crippen molar-refractivity contribution < 1.29 is 13.2 Å². The summed E-state index contributed by atoms with van der Waals surface area (Å²) in [7, 11) is -3.43. The molecule has 1 aromatic carbocycles. The molecule has 0 aliphatic heterocycles. The zero-order valence-corrected chi connectivity index (χ0v) is 10.6. The number of primary amides is 1. The van der Waals surface area contributed by atoms with E-state index >= 15 is 0 Å². The van der Waals surface area contributed by atoms with Crippen molar-refractivity contribution >= 4 is 33.2 Å². The third-order valence-corrected chi connectivity index (χ3v) is 3.61. The van der Waals surface area contributed by atoms with Crippen LogP contribution in [0.3, 0.4) is 0 Å². The largest absolute Gasteiger partial charge is 0.366 e. The Bertz CT molecular complexity index is 502. The number of hydrogen-bond donors (Lipinski definition) is 2. The maximum absolute atomic E-state index is 11.6. The number of hydrogen-bond acceptors (Lipinski definition) is 3. The predicted octanol–water partition coefficient (Wildman–Crippen LogP) is 1.16. The zero-order chi connectivity index (χ0) is 12.9. The van der Waals surface area contributed by atoms with Gasteiger partial charge in [0.05, 0.1) is 5.75 Å². The summed E-state index contributed by atoms with van der Waals surface area (Å²) in [5.41, 5.74) is 5.66. The Hall–Kier alpha value is -1.27. The van der Waals surface area contributed by atoms with Crippen LogP contribution in [0.25, 0.3) is 0 Å². The SMILES string of the molecule is NC(=O)c1cccc(NS(=O)(=O)CCCCl)c1. The van der Waals surface area contributed by atoms with Crippen molar-refractivity contribution in [3.63, 3.8) is 0 Å². The Morgan fingerprint density at radius 3 is 2.71 bits per heavy atom. The van der Waals surface area contributed by atoms with E-state index in [0.717, 1.165) is 0 Å². The van der Waals surface area contributed by atoms with Crippen molar-refractivity contribution in [2.24, 2.45) is 5.73 Å². The van der Waals surface area contributed by atoms with Crippen molar-refractivity contribution in [2.75, 3.05) is 16.4 Å². The van der Waals surface area contributed by atoms with E-state index in [-0.39, 0.29) is 17.2 Å². The summed E-state index contributed by atoms with van der Waals surface area (Å²) in [6.45, 7) is 0. The maximum Gasteiger partial charge on any atom is 0.248 e. The van der Waals surface area contributed by atoms with E-state index in [1.54, 1.807) is 12.1 Å². The molecule has 0 fully saturated rings. The normalized spacial score (nSPS) is 11.1. The molecule has 0 aromatic heterocycles. The van der Waals surface area contributed by atoms with Crippen molar-refractivity contribution in [3.05, 3.63) is 29.8 Å². The standard InChI is InChI=1S/C10H13ClN2O3S/c11-5-2-6-17(15,16)13-9-4-1-3-8(7-9)10(12)14/h1,3-4,7,13H,2,5-6H2,(H2,12,14). The van der Waals surface area contributed by atoms with Crippen LogP contribution in [-0.2, 0) is 10.0 Å². The molecule has 0 saturated carbocycles. The van der Waals surface area contributed by atoms with Crippen LogP contribution in [-0.4, -0.2) is 26.0 Å². The Labute approximate surface area is 105 Å². The molecule has 0 saturated heterocycles. The van der Waals surface area contributed by atoms with E-state index in [1.165, 1.54) is 12.1 Å². The molecule has 0 heterocycles. The second-order valence-electron chi connectivity index (χ2n) is 3.41. The van der Waals surface area contributed by atoms with Crippen molar-refractivity contribution in [3.8, 4) is 0 Å². The van der Waals surface area contributed by atoms with Crippen LogP contribution in [0.15, 0.2) is 24.3 Å². The van der Waals surface area contributed by atoms with Gasteiger partial charge in [-0.3, -0.25) is 9.52 Å². The number of nitrogens with one attached hydrogen (secondary N) is 1. The summed E-state index contributed by atoms with van der Waals surface area (Å²) in [6, 6.07) is 6.00. The van der Waals surface area contributed by atoms with E-state index in [2.05, 4.69) is 4.72 Å². The third kappa shape index (κ3) is 4.62. The molecule has 0 aliphatic rings. The quantitative estimate of drug-likeness (QED) is 0.764. The van der Waals surface area contributed by atoms with E-state index < -0.39 is 15.9 Å². The maximum atomic E-state index is 11.6. The molecule has 0 aliphatic carbocycles. The summed E-state index contributed by atoms with van der Waals surface area (Å²) in [5.74, 6) is -0.383. The van der Waals surface area contributed by atoms with E-state index in [9.17, 15) is 13.2 Å². The predicted molar refractivity (Wildman–Crippen MR) is 67.7 cm³/mol. The number of alkyl halides is 1. The van der Waals surface area contributed by atoms with Crippen LogP contribution in [0.5, 0.6) is 0 Å². The number of nitrogens with two attached hydrogens (primary N) is 1. The minimum absolute atomic E-state index is 0.0582. The number of anilines is 1. The molecule has 94 valence electrons. The molecule has 0 unspecified atom stereocenters. The van der Waals surface area contributed by atoms with Gasteiger partial charge in [-0.1, -0.05) is 6.07 Å². The van der Waals surface area contributed by atoms with Gasteiger partial charge < -0.3 is 5.73 Å². The summed E-state index contributed by atoms with van der Waals surface area (Å²) in [5, 5.41) is 0. The molecule has 3 N–H and O–H groups in total. The number of benzene rings is 1. The molecular weight excluding hydrogens is 264 g/mol. The molecule has 1 aromatic rings. The van der Waals surface area contributed by atoms with Gasteiger partial charge in [-0.15, -0.1) is 11.6 Å². The van der Waals surface area contributed by atoms with Crippen molar-refractivity contribution in [1.82, 2.24) is 0 Å². The number of halogens is 1. The molecule has 0 bridgehead atoms. The number of carbonyl (C=O) groups excluding carboxylic acids is 1.